The van der Waals surface area contributed by atoms with Crippen LogP contribution in [0.2, 0.25) is 5.02 Å². The summed E-state index contributed by atoms with van der Waals surface area (Å²) in [4.78, 5) is 23.6. The van der Waals surface area contributed by atoms with E-state index >= 15 is 0 Å². The molecule has 2 aromatic carbocycles. The van der Waals surface area contributed by atoms with Gasteiger partial charge < -0.3 is 15.2 Å². The molecule has 0 atom stereocenters. The lowest BCUT2D eigenvalue weighted by atomic mass is 10.1. The molecule has 128 valence electrons. The second-order valence-corrected chi connectivity index (χ2v) is 6.76. The number of methoxy groups -OCH3 is 1. The van der Waals surface area contributed by atoms with E-state index < -0.39 is 5.97 Å². The molecule has 3 aromatic rings. The van der Waals surface area contributed by atoms with Gasteiger partial charge in [-0.2, -0.15) is 0 Å². The van der Waals surface area contributed by atoms with Crippen LogP contribution in [0.1, 0.15) is 15.2 Å². The van der Waals surface area contributed by atoms with Gasteiger partial charge >= 0.3 is 5.97 Å². The highest BCUT2D eigenvalue weighted by Gasteiger charge is 2.18. The lowest BCUT2D eigenvalue weighted by Gasteiger charge is -2.05. The molecule has 0 aliphatic carbocycles. The van der Waals surface area contributed by atoms with Gasteiger partial charge in [0.05, 0.1) is 18.6 Å². The fourth-order valence-electron chi connectivity index (χ4n) is 2.39. The number of carboxylic acid groups (broad SMARTS) is 1. The number of rotatable bonds is 5. The summed E-state index contributed by atoms with van der Waals surface area (Å²) in [6.07, 6.45) is -0.0573. The van der Waals surface area contributed by atoms with Crippen molar-refractivity contribution in [3.05, 3.63) is 57.9 Å². The first-order valence-corrected chi connectivity index (χ1v) is 8.55. The molecule has 2 N–H and O–H groups in total. The highest BCUT2D eigenvalue weighted by atomic mass is 35.5. The Labute approximate surface area is 152 Å². The second-order valence-electron chi connectivity index (χ2n) is 5.33. The topological polar surface area (TPSA) is 75.6 Å². The molecule has 1 aromatic heterocycles. The van der Waals surface area contributed by atoms with E-state index in [2.05, 4.69) is 5.32 Å². The summed E-state index contributed by atoms with van der Waals surface area (Å²) in [7, 11) is 1.57. The largest absolute Gasteiger partial charge is 0.497 e. The highest BCUT2D eigenvalue weighted by Crippen LogP contribution is 2.37. The summed E-state index contributed by atoms with van der Waals surface area (Å²) < 4.78 is 6.08. The maximum atomic E-state index is 12.5. The van der Waals surface area contributed by atoms with Gasteiger partial charge in [-0.1, -0.05) is 23.7 Å². The lowest BCUT2D eigenvalue weighted by molar-refractivity contribution is -0.136. The molecule has 3 rings (SSSR count). The molecule has 1 amide bonds. The Balaban J connectivity index is 1.82. The van der Waals surface area contributed by atoms with Crippen LogP contribution < -0.4 is 10.1 Å². The van der Waals surface area contributed by atoms with Crippen LogP contribution in [0.4, 0.5) is 5.69 Å². The normalized spacial score (nSPS) is 10.6. The molecule has 25 heavy (non-hydrogen) atoms. The smallest absolute Gasteiger partial charge is 0.307 e. The van der Waals surface area contributed by atoms with Crippen LogP contribution in [0, 0.1) is 0 Å². The molecule has 0 bridgehead atoms. The molecule has 0 aliphatic rings. The summed E-state index contributed by atoms with van der Waals surface area (Å²) in [5.41, 5.74) is 1.24. The predicted molar refractivity (Wildman–Crippen MR) is 99.1 cm³/mol. The standard InChI is InChI=1S/C18H14ClNO4S/c1-24-12-6-7-14-13(9-12)16(19)17(25-14)18(23)20-11-4-2-10(3-5-11)8-15(21)22/h2-7,9H,8H2,1H3,(H,20,23)(H,21,22). The maximum absolute atomic E-state index is 12.5. The summed E-state index contributed by atoms with van der Waals surface area (Å²) in [5.74, 6) is -0.534. The lowest BCUT2D eigenvalue weighted by Crippen LogP contribution is -2.10. The summed E-state index contributed by atoms with van der Waals surface area (Å²) >= 11 is 7.66. The monoisotopic (exact) mass is 375 g/mol. The minimum atomic E-state index is -0.899. The van der Waals surface area contributed by atoms with Crippen molar-refractivity contribution < 1.29 is 19.4 Å². The zero-order valence-electron chi connectivity index (χ0n) is 13.2. The Kier molecular flexibility index (Phi) is 4.92. The van der Waals surface area contributed by atoms with Crippen molar-refractivity contribution in [1.82, 2.24) is 0 Å². The van der Waals surface area contributed by atoms with Gasteiger partial charge in [0.2, 0.25) is 0 Å². The van der Waals surface area contributed by atoms with Crippen molar-refractivity contribution in [2.24, 2.45) is 0 Å². The van der Waals surface area contributed by atoms with Gasteiger partial charge in [0, 0.05) is 15.8 Å². The molecule has 0 unspecified atom stereocenters. The van der Waals surface area contributed by atoms with Crippen molar-refractivity contribution in [1.29, 1.82) is 0 Å². The molecular weight excluding hydrogens is 362 g/mol. The third-order valence-electron chi connectivity index (χ3n) is 3.61. The quantitative estimate of drug-likeness (QED) is 0.691. The van der Waals surface area contributed by atoms with Gasteiger partial charge in [0.15, 0.2) is 0 Å². The summed E-state index contributed by atoms with van der Waals surface area (Å²) in [6.45, 7) is 0. The van der Waals surface area contributed by atoms with E-state index in [1.165, 1.54) is 11.3 Å². The predicted octanol–water partition coefficient (Wildman–Crippen LogP) is 4.44. The van der Waals surface area contributed by atoms with Gasteiger partial charge in [0.1, 0.15) is 10.6 Å². The first-order chi connectivity index (χ1) is 12.0. The number of ether oxygens (including phenoxy) is 1. The van der Waals surface area contributed by atoms with Crippen molar-refractivity contribution in [3.8, 4) is 5.75 Å². The van der Waals surface area contributed by atoms with Crippen LogP contribution in [-0.4, -0.2) is 24.1 Å². The molecule has 0 saturated carbocycles. The molecule has 7 heteroatoms. The Morgan fingerprint density at radius 1 is 1.20 bits per heavy atom. The third kappa shape index (κ3) is 3.75. The van der Waals surface area contributed by atoms with Crippen LogP contribution in [0.3, 0.4) is 0 Å². The van der Waals surface area contributed by atoms with E-state index in [0.29, 0.717) is 26.9 Å². The van der Waals surface area contributed by atoms with E-state index in [-0.39, 0.29) is 12.3 Å². The van der Waals surface area contributed by atoms with Gasteiger partial charge in [-0.05, 0) is 35.9 Å². The minimum Gasteiger partial charge on any atom is -0.497 e. The number of hydrogen-bond acceptors (Lipinski definition) is 4. The number of nitrogens with one attached hydrogen (secondary N) is 1. The third-order valence-corrected chi connectivity index (χ3v) is 5.28. The Bertz CT molecular complexity index is 950. The Morgan fingerprint density at radius 2 is 1.92 bits per heavy atom. The number of fused-ring (bicyclic) bond motifs is 1. The van der Waals surface area contributed by atoms with E-state index in [1.54, 1.807) is 37.4 Å². The molecule has 0 radical (unpaired) electrons. The van der Waals surface area contributed by atoms with Crippen molar-refractivity contribution >= 4 is 50.6 Å². The average molecular weight is 376 g/mol. The second kappa shape index (κ2) is 7.13. The fourth-order valence-corrected chi connectivity index (χ4v) is 3.77. The van der Waals surface area contributed by atoms with Crippen LogP contribution in [-0.2, 0) is 11.2 Å². The molecule has 0 spiro atoms. The molecule has 1 heterocycles. The maximum Gasteiger partial charge on any atom is 0.307 e. The number of anilines is 1. The fraction of sp³-hybridized carbons (Fsp3) is 0.111. The molecule has 0 aliphatic heterocycles. The summed E-state index contributed by atoms with van der Waals surface area (Å²) in [5, 5.41) is 12.7. The van der Waals surface area contributed by atoms with Crippen LogP contribution >= 0.6 is 22.9 Å². The molecule has 0 saturated heterocycles. The molecule has 5 nitrogen and oxygen atoms in total. The molecular formula is C18H14ClNO4S. The van der Waals surface area contributed by atoms with Crippen LogP contribution in [0.5, 0.6) is 5.75 Å². The summed E-state index contributed by atoms with van der Waals surface area (Å²) in [6, 6.07) is 12.1. The Hall–Kier alpha value is -2.57. The first kappa shape index (κ1) is 17.3. The van der Waals surface area contributed by atoms with Gasteiger partial charge in [-0.25, -0.2) is 0 Å². The Morgan fingerprint density at radius 3 is 2.56 bits per heavy atom. The van der Waals surface area contributed by atoms with E-state index in [4.69, 9.17) is 21.4 Å². The number of halogens is 1. The van der Waals surface area contributed by atoms with E-state index in [9.17, 15) is 9.59 Å². The number of carboxylic acids is 1. The number of thiophene rings is 1. The number of amides is 1. The van der Waals surface area contributed by atoms with Gasteiger partial charge in [-0.3, -0.25) is 9.59 Å². The number of benzene rings is 2. The van der Waals surface area contributed by atoms with Crippen molar-refractivity contribution in [2.45, 2.75) is 6.42 Å². The van der Waals surface area contributed by atoms with Crippen molar-refractivity contribution in [2.75, 3.05) is 12.4 Å². The minimum absolute atomic E-state index is 0.0573. The molecule has 0 fully saturated rings. The van der Waals surface area contributed by atoms with Crippen LogP contribution in [0.15, 0.2) is 42.5 Å². The zero-order valence-corrected chi connectivity index (χ0v) is 14.8. The van der Waals surface area contributed by atoms with Gasteiger partial charge in [-0.15, -0.1) is 11.3 Å². The van der Waals surface area contributed by atoms with Crippen LogP contribution in [0.25, 0.3) is 10.1 Å². The number of hydrogen-bond donors (Lipinski definition) is 2. The number of carbonyl (C=O) groups is 2. The number of carbonyl (C=O) groups excluding carboxylic acids is 1. The van der Waals surface area contributed by atoms with Crippen molar-refractivity contribution in [3.63, 3.8) is 0 Å². The highest BCUT2D eigenvalue weighted by molar-refractivity contribution is 7.21. The zero-order chi connectivity index (χ0) is 18.0. The van der Waals surface area contributed by atoms with Gasteiger partial charge in [0.25, 0.3) is 5.91 Å². The SMILES string of the molecule is COc1ccc2sc(C(=O)Nc3ccc(CC(=O)O)cc3)c(Cl)c2c1. The first-order valence-electron chi connectivity index (χ1n) is 7.36. The number of aliphatic carboxylic acids is 1. The average Bonchev–Trinajstić information content (AvgIpc) is 2.92. The van der Waals surface area contributed by atoms with E-state index in [1.807, 2.05) is 12.1 Å². The van der Waals surface area contributed by atoms with E-state index in [0.717, 1.165) is 10.1 Å².